The molecule has 0 aliphatic heterocycles. The second-order valence-electron chi connectivity index (χ2n) is 6.21. The average molecular weight is 384 g/mol. The van der Waals surface area contributed by atoms with Crippen molar-refractivity contribution >= 4 is 10.0 Å². The van der Waals surface area contributed by atoms with Crippen LogP contribution in [0.2, 0.25) is 0 Å². The Morgan fingerprint density at radius 3 is 2.44 bits per heavy atom. The van der Waals surface area contributed by atoms with Crippen LogP contribution in [0.15, 0.2) is 72.1 Å². The Labute approximate surface area is 162 Å². The predicted octanol–water partition coefficient (Wildman–Crippen LogP) is 3.78. The summed E-state index contributed by atoms with van der Waals surface area (Å²) in [6.07, 6.45) is 7.08. The van der Waals surface area contributed by atoms with E-state index in [2.05, 4.69) is 12.5 Å². The van der Waals surface area contributed by atoms with E-state index in [9.17, 15) is 8.42 Å². The fourth-order valence-corrected chi connectivity index (χ4v) is 3.99. The van der Waals surface area contributed by atoms with Gasteiger partial charge in [0.15, 0.2) is 0 Å². The topological polar surface area (TPSA) is 46.6 Å². The number of rotatable bonds is 10. The number of benzene rings is 2. The lowest BCUT2D eigenvalue weighted by Gasteiger charge is -2.22. The molecule has 0 saturated carbocycles. The van der Waals surface area contributed by atoms with Gasteiger partial charge in [-0.25, -0.2) is 8.42 Å². The molecule has 0 amide bonds. The summed E-state index contributed by atoms with van der Waals surface area (Å²) in [7, 11) is -3.61. The van der Waals surface area contributed by atoms with Crippen molar-refractivity contribution in [3.8, 4) is 12.3 Å². The van der Waals surface area contributed by atoms with Crippen LogP contribution in [0.25, 0.3) is 0 Å². The minimum Gasteiger partial charge on any atom is -0.361 e. The number of ether oxygens (including phenoxy) is 1. The Morgan fingerprint density at radius 2 is 1.85 bits per heavy atom. The summed E-state index contributed by atoms with van der Waals surface area (Å²) in [5, 5.41) is 0. The second kappa shape index (κ2) is 10.1. The van der Waals surface area contributed by atoms with Crippen molar-refractivity contribution in [2.45, 2.75) is 31.0 Å². The van der Waals surface area contributed by atoms with Crippen molar-refractivity contribution in [2.24, 2.45) is 0 Å². The lowest BCUT2D eigenvalue weighted by Crippen LogP contribution is -2.34. The van der Waals surface area contributed by atoms with Gasteiger partial charge >= 0.3 is 0 Å². The highest BCUT2D eigenvalue weighted by Gasteiger charge is 2.24. The summed E-state index contributed by atoms with van der Waals surface area (Å²) in [5.74, 6) is 2.60. The summed E-state index contributed by atoms with van der Waals surface area (Å²) in [4.78, 5) is 0.261. The van der Waals surface area contributed by atoms with Crippen LogP contribution in [0, 0.1) is 19.3 Å². The van der Waals surface area contributed by atoms with Crippen molar-refractivity contribution in [1.29, 1.82) is 0 Å². The first-order chi connectivity index (χ1) is 13.0. The predicted molar refractivity (Wildman–Crippen MR) is 109 cm³/mol. The van der Waals surface area contributed by atoms with E-state index in [0.29, 0.717) is 13.0 Å². The zero-order valence-corrected chi connectivity index (χ0v) is 16.4. The first kappa shape index (κ1) is 20.9. The largest absolute Gasteiger partial charge is 0.361 e. The van der Waals surface area contributed by atoms with Crippen molar-refractivity contribution in [3.63, 3.8) is 0 Å². The summed E-state index contributed by atoms with van der Waals surface area (Å²) in [6, 6.07) is 16.5. The van der Waals surface area contributed by atoms with Gasteiger partial charge in [0.05, 0.1) is 11.5 Å². The number of aryl methyl sites for hydroxylation is 1. The van der Waals surface area contributed by atoms with Crippen LogP contribution in [0.5, 0.6) is 0 Å². The molecule has 5 heteroatoms. The molecule has 0 saturated heterocycles. The molecule has 2 aromatic carbocycles. The number of hydrogen-bond acceptors (Lipinski definition) is 3. The Kier molecular flexibility index (Phi) is 7.81. The van der Waals surface area contributed by atoms with Gasteiger partial charge < -0.3 is 4.74 Å². The van der Waals surface area contributed by atoms with Gasteiger partial charge in [-0.3, -0.25) is 0 Å². The highest BCUT2D eigenvalue weighted by atomic mass is 32.2. The maximum atomic E-state index is 12.9. The third-order valence-corrected chi connectivity index (χ3v) is 5.99. The molecule has 0 aliphatic carbocycles. The second-order valence-corrected chi connectivity index (χ2v) is 8.14. The van der Waals surface area contributed by atoms with E-state index in [0.717, 1.165) is 11.1 Å². The van der Waals surface area contributed by atoms with E-state index >= 15 is 0 Å². The molecular formula is C22H25NO3S. The SMILES string of the molecule is C#CC(CCN(CC=C)S(=O)(=O)c1ccc(C)cc1)OCc1ccccc1. The Hall–Kier alpha value is -2.39. The molecule has 0 spiro atoms. The molecule has 0 heterocycles. The van der Waals surface area contributed by atoms with Crippen LogP contribution >= 0.6 is 0 Å². The zero-order chi connectivity index (χ0) is 19.7. The highest BCUT2D eigenvalue weighted by molar-refractivity contribution is 7.89. The maximum absolute atomic E-state index is 12.9. The van der Waals surface area contributed by atoms with E-state index in [-0.39, 0.29) is 18.0 Å². The standard InChI is InChI=1S/C22H25NO3S/c1-4-16-23(27(24,25)22-13-11-19(3)12-14-22)17-15-21(5-2)26-18-20-9-7-6-8-10-20/h2,4,6-14,21H,1,15-18H2,3H3. The van der Waals surface area contributed by atoms with Crippen LogP contribution in [0.1, 0.15) is 17.5 Å². The fraction of sp³-hybridized carbons (Fsp3) is 0.273. The van der Waals surface area contributed by atoms with E-state index in [1.165, 1.54) is 4.31 Å². The van der Waals surface area contributed by atoms with Gasteiger partial charge in [0.1, 0.15) is 6.10 Å². The van der Waals surface area contributed by atoms with Gasteiger partial charge in [0.2, 0.25) is 10.0 Å². The first-order valence-corrected chi connectivity index (χ1v) is 10.2. The maximum Gasteiger partial charge on any atom is 0.243 e. The molecule has 1 atom stereocenters. The summed E-state index contributed by atoms with van der Waals surface area (Å²) in [5.41, 5.74) is 2.03. The van der Waals surface area contributed by atoms with Crippen LogP contribution in [-0.4, -0.2) is 31.9 Å². The first-order valence-electron chi connectivity index (χ1n) is 8.76. The molecule has 142 valence electrons. The molecule has 4 nitrogen and oxygen atoms in total. The third kappa shape index (κ3) is 6.07. The average Bonchev–Trinajstić information content (AvgIpc) is 2.68. The molecule has 0 N–H and O–H groups in total. The number of sulfonamides is 1. The Bertz CT molecular complexity index is 868. The van der Waals surface area contributed by atoms with Gasteiger partial charge in [-0.2, -0.15) is 4.31 Å². The van der Waals surface area contributed by atoms with Crippen molar-refractivity contribution in [2.75, 3.05) is 13.1 Å². The van der Waals surface area contributed by atoms with Crippen LogP contribution in [-0.2, 0) is 21.4 Å². The summed E-state index contributed by atoms with van der Waals surface area (Å²) >= 11 is 0. The fourth-order valence-electron chi connectivity index (χ4n) is 2.56. The van der Waals surface area contributed by atoms with E-state index < -0.39 is 16.1 Å². The van der Waals surface area contributed by atoms with Crippen LogP contribution in [0.4, 0.5) is 0 Å². The smallest absolute Gasteiger partial charge is 0.243 e. The quantitative estimate of drug-likeness (QED) is 0.463. The van der Waals surface area contributed by atoms with Crippen molar-refractivity contribution in [3.05, 3.63) is 78.4 Å². The van der Waals surface area contributed by atoms with Gasteiger partial charge in [0.25, 0.3) is 0 Å². The van der Waals surface area contributed by atoms with Gasteiger partial charge in [-0.15, -0.1) is 13.0 Å². The molecule has 27 heavy (non-hydrogen) atoms. The Morgan fingerprint density at radius 1 is 1.19 bits per heavy atom. The molecule has 0 radical (unpaired) electrons. The molecule has 1 unspecified atom stereocenters. The van der Waals surface area contributed by atoms with Crippen LogP contribution < -0.4 is 0 Å². The minimum absolute atomic E-state index is 0.214. The van der Waals surface area contributed by atoms with Crippen molar-refractivity contribution < 1.29 is 13.2 Å². The molecule has 2 rings (SSSR count). The van der Waals surface area contributed by atoms with Gasteiger partial charge in [-0.05, 0) is 31.0 Å². The van der Waals surface area contributed by atoms with Gasteiger partial charge in [-0.1, -0.05) is 60.0 Å². The molecule has 2 aromatic rings. The summed E-state index contributed by atoms with van der Waals surface area (Å²) in [6.45, 7) is 6.44. The number of terminal acetylenes is 1. The molecule has 0 aliphatic rings. The monoisotopic (exact) mass is 383 g/mol. The normalized spacial score (nSPS) is 12.5. The summed E-state index contributed by atoms with van der Waals surface area (Å²) < 4.78 is 32.9. The van der Waals surface area contributed by atoms with Gasteiger partial charge in [0, 0.05) is 13.1 Å². The van der Waals surface area contributed by atoms with Crippen LogP contribution in [0.3, 0.4) is 0 Å². The Balaban J connectivity index is 2.02. The van der Waals surface area contributed by atoms with E-state index in [4.69, 9.17) is 11.2 Å². The minimum atomic E-state index is -3.61. The highest BCUT2D eigenvalue weighted by Crippen LogP contribution is 2.18. The molecule has 0 bridgehead atoms. The number of hydrogen-bond donors (Lipinski definition) is 0. The molecule has 0 fully saturated rings. The van der Waals surface area contributed by atoms with Crippen molar-refractivity contribution in [1.82, 2.24) is 4.31 Å². The lowest BCUT2D eigenvalue weighted by atomic mass is 10.2. The lowest BCUT2D eigenvalue weighted by molar-refractivity contribution is 0.0698. The zero-order valence-electron chi connectivity index (χ0n) is 15.5. The van der Waals surface area contributed by atoms with E-state index in [1.54, 1.807) is 30.3 Å². The third-order valence-electron chi connectivity index (χ3n) is 4.11. The van der Waals surface area contributed by atoms with E-state index in [1.807, 2.05) is 37.3 Å². The molecule has 0 aromatic heterocycles. The molecular weight excluding hydrogens is 358 g/mol. The number of nitrogens with zero attached hydrogens (tertiary/aromatic N) is 1.